The van der Waals surface area contributed by atoms with E-state index in [4.69, 9.17) is 0 Å². The van der Waals surface area contributed by atoms with Gasteiger partial charge in [-0.2, -0.15) is 0 Å². The third-order valence-electron chi connectivity index (χ3n) is 3.80. The van der Waals surface area contributed by atoms with Crippen molar-refractivity contribution in [1.29, 1.82) is 0 Å². The van der Waals surface area contributed by atoms with Gasteiger partial charge in [-0.1, -0.05) is 32.6 Å². The topological polar surface area (TPSA) is 37.8 Å². The van der Waals surface area contributed by atoms with Gasteiger partial charge in [0.25, 0.3) is 0 Å². The van der Waals surface area contributed by atoms with Crippen molar-refractivity contribution >= 4 is 0 Å². The van der Waals surface area contributed by atoms with Gasteiger partial charge in [0, 0.05) is 12.4 Å². The van der Waals surface area contributed by atoms with Crippen LogP contribution >= 0.6 is 0 Å². The van der Waals surface area contributed by atoms with Crippen LogP contribution in [0.25, 0.3) is 0 Å². The smallest absolute Gasteiger partial charge is 0.145 e. The van der Waals surface area contributed by atoms with E-state index in [1.807, 2.05) is 19.3 Å². The molecule has 0 aliphatic heterocycles. The number of hydrogen-bond acceptors (Lipinski definition) is 3. The molecule has 1 saturated carbocycles. The van der Waals surface area contributed by atoms with Crippen LogP contribution in [0.1, 0.15) is 62.9 Å². The summed E-state index contributed by atoms with van der Waals surface area (Å²) < 4.78 is 0. The van der Waals surface area contributed by atoms with Crippen molar-refractivity contribution in [3.63, 3.8) is 0 Å². The maximum Gasteiger partial charge on any atom is 0.145 e. The maximum absolute atomic E-state index is 4.50. The van der Waals surface area contributed by atoms with Crippen molar-refractivity contribution in [3.05, 3.63) is 23.8 Å². The van der Waals surface area contributed by atoms with Crippen molar-refractivity contribution in [2.75, 3.05) is 6.54 Å². The van der Waals surface area contributed by atoms with E-state index in [-0.39, 0.29) is 0 Å². The third-order valence-corrected chi connectivity index (χ3v) is 3.80. The highest BCUT2D eigenvalue weighted by atomic mass is 15.0. The van der Waals surface area contributed by atoms with Crippen LogP contribution in [0.3, 0.4) is 0 Å². The minimum Gasteiger partial charge on any atom is -0.307 e. The van der Waals surface area contributed by atoms with Crippen LogP contribution in [-0.4, -0.2) is 16.5 Å². The molecular formula is C15H25N3. The van der Waals surface area contributed by atoms with Gasteiger partial charge in [-0.3, -0.25) is 0 Å². The van der Waals surface area contributed by atoms with E-state index in [0.29, 0.717) is 6.04 Å². The van der Waals surface area contributed by atoms with Gasteiger partial charge in [0.2, 0.25) is 0 Å². The first-order valence-electron chi connectivity index (χ1n) is 7.31. The lowest BCUT2D eigenvalue weighted by atomic mass is 9.97. The van der Waals surface area contributed by atoms with Gasteiger partial charge >= 0.3 is 0 Å². The molecule has 3 nitrogen and oxygen atoms in total. The average molecular weight is 247 g/mol. The predicted molar refractivity (Wildman–Crippen MR) is 74.4 cm³/mol. The summed E-state index contributed by atoms with van der Waals surface area (Å²) in [4.78, 5) is 9.00. The maximum atomic E-state index is 4.50. The molecule has 0 aromatic carbocycles. The van der Waals surface area contributed by atoms with Gasteiger partial charge in [0.05, 0.1) is 6.04 Å². The monoisotopic (exact) mass is 247 g/mol. The molecule has 18 heavy (non-hydrogen) atoms. The van der Waals surface area contributed by atoms with Crippen LogP contribution in [0.2, 0.25) is 0 Å². The highest BCUT2D eigenvalue weighted by molar-refractivity contribution is 5.05. The Bertz CT molecular complexity index is 341. The second-order valence-electron chi connectivity index (χ2n) is 5.51. The van der Waals surface area contributed by atoms with Crippen LogP contribution in [0.4, 0.5) is 0 Å². The van der Waals surface area contributed by atoms with Crippen molar-refractivity contribution in [2.45, 2.75) is 58.4 Å². The standard InChI is InChI=1S/C15H25N3/c1-3-8-16-14(9-13-6-4-5-7-13)15-17-10-12(2)11-18-15/h10-11,13-14,16H,3-9H2,1-2H3. The number of aryl methyl sites for hydroxylation is 1. The first-order chi connectivity index (χ1) is 8.79. The summed E-state index contributed by atoms with van der Waals surface area (Å²) in [5.41, 5.74) is 1.13. The van der Waals surface area contributed by atoms with Crippen molar-refractivity contribution < 1.29 is 0 Å². The quantitative estimate of drug-likeness (QED) is 0.837. The molecule has 1 atom stereocenters. The molecule has 1 aromatic rings. The number of hydrogen-bond donors (Lipinski definition) is 1. The first-order valence-corrected chi connectivity index (χ1v) is 7.31. The molecule has 1 N–H and O–H groups in total. The van der Waals surface area contributed by atoms with E-state index in [0.717, 1.165) is 30.3 Å². The van der Waals surface area contributed by atoms with Gasteiger partial charge in [-0.15, -0.1) is 0 Å². The van der Waals surface area contributed by atoms with E-state index < -0.39 is 0 Å². The predicted octanol–water partition coefficient (Wildman–Crippen LogP) is 3.41. The van der Waals surface area contributed by atoms with E-state index in [2.05, 4.69) is 22.2 Å². The number of rotatable bonds is 6. The summed E-state index contributed by atoms with van der Waals surface area (Å²) in [5.74, 6) is 1.84. The molecule has 1 fully saturated rings. The second-order valence-corrected chi connectivity index (χ2v) is 5.51. The molecular weight excluding hydrogens is 222 g/mol. The van der Waals surface area contributed by atoms with Crippen LogP contribution in [-0.2, 0) is 0 Å². The zero-order chi connectivity index (χ0) is 12.8. The lowest BCUT2D eigenvalue weighted by molar-refractivity contribution is 0.382. The second kappa shape index (κ2) is 6.83. The van der Waals surface area contributed by atoms with E-state index in [9.17, 15) is 0 Å². The molecule has 100 valence electrons. The molecule has 1 aliphatic rings. The molecule has 1 aliphatic carbocycles. The molecule has 0 radical (unpaired) electrons. The fraction of sp³-hybridized carbons (Fsp3) is 0.733. The molecule has 2 rings (SSSR count). The Morgan fingerprint density at radius 3 is 2.56 bits per heavy atom. The van der Waals surface area contributed by atoms with Crippen LogP contribution < -0.4 is 5.32 Å². The summed E-state index contributed by atoms with van der Waals surface area (Å²) in [6, 6.07) is 0.341. The highest BCUT2D eigenvalue weighted by Gasteiger charge is 2.22. The van der Waals surface area contributed by atoms with E-state index in [1.165, 1.54) is 32.1 Å². The fourth-order valence-electron chi connectivity index (χ4n) is 2.76. The van der Waals surface area contributed by atoms with E-state index in [1.54, 1.807) is 0 Å². The summed E-state index contributed by atoms with van der Waals surface area (Å²) in [5, 5.41) is 3.61. The van der Waals surface area contributed by atoms with Gasteiger partial charge in [-0.25, -0.2) is 9.97 Å². The molecule has 1 heterocycles. The highest BCUT2D eigenvalue weighted by Crippen LogP contribution is 2.32. The number of nitrogens with zero attached hydrogens (tertiary/aromatic N) is 2. The minimum absolute atomic E-state index is 0.341. The SMILES string of the molecule is CCCNC(CC1CCCC1)c1ncc(C)cn1. The minimum atomic E-state index is 0.341. The van der Waals surface area contributed by atoms with Crippen molar-refractivity contribution in [3.8, 4) is 0 Å². The largest absolute Gasteiger partial charge is 0.307 e. The van der Waals surface area contributed by atoms with Crippen LogP contribution in [0.15, 0.2) is 12.4 Å². The van der Waals surface area contributed by atoms with Gasteiger partial charge < -0.3 is 5.32 Å². The van der Waals surface area contributed by atoms with Crippen molar-refractivity contribution in [1.82, 2.24) is 15.3 Å². The zero-order valence-electron chi connectivity index (χ0n) is 11.7. The summed E-state index contributed by atoms with van der Waals surface area (Å²) >= 11 is 0. The van der Waals surface area contributed by atoms with Crippen molar-refractivity contribution in [2.24, 2.45) is 5.92 Å². The zero-order valence-corrected chi connectivity index (χ0v) is 11.7. The van der Waals surface area contributed by atoms with Gasteiger partial charge in [0.15, 0.2) is 0 Å². The number of aromatic nitrogens is 2. The lowest BCUT2D eigenvalue weighted by Gasteiger charge is -2.20. The average Bonchev–Trinajstić information content (AvgIpc) is 2.88. The molecule has 0 saturated heterocycles. The van der Waals surface area contributed by atoms with Crippen LogP contribution in [0.5, 0.6) is 0 Å². The molecule has 0 spiro atoms. The molecule has 0 bridgehead atoms. The Kier molecular flexibility index (Phi) is 5.12. The van der Waals surface area contributed by atoms with E-state index >= 15 is 0 Å². The summed E-state index contributed by atoms with van der Waals surface area (Å²) in [6.07, 6.45) is 11.8. The van der Waals surface area contributed by atoms with Crippen LogP contribution in [0, 0.1) is 12.8 Å². The number of nitrogens with one attached hydrogen (secondary N) is 1. The molecule has 1 aromatic heterocycles. The normalized spacial score (nSPS) is 18.1. The third kappa shape index (κ3) is 3.77. The Hall–Kier alpha value is -0.960. The molecule has 0 amide bonds. The Morgan fingerprint density at radius 2 is 1.94 bits per heavy atom. The molecule has 3 heteroatoms. The van der Waals surface area contributed by atoms with Gasteiger partial charge in [-0.05, 0) is 37.8 Å². The Morgan fingerprint density at radius 1 is 1.28 bits per heavy atom. The lowest BCUT2D eigenvalue weighted by Crippen LogP contribution is -2.25. The summed E-state index contributed by atoms with van der Waals surface area (Å²) in [7, 11) is 0. The molecule has 1 unspecified atom stereocenters. The summed E-state index contributed by atoms with van der Waals surface area (Å²) in [6.45, 7) is 5.29. The Labute approximate surface area is 110 Å². The van der Waals surface area contributed by atoms with Gasteiger partial charge in [0.1, 0.15) is 5.82 Å². The Balaban J connectivity index is 2.00. The fourth-order valence-corrected chi connectivity index (χ4v) is 2.76. The first kappa shape index (κ1) is 13.5.